The number of benzene rings is 1. The Hall–Kier alpha value is -0.280. The van der Waals surface area contributed by atoms with Gasteiger partial charge in [-0.15, -0.1) is 24.8 Å². The van der Waals surface area contributed by atoms with Gasteiger partial charge in [-0.05, 0) is 24.8 Å². The maximum atomic E-state index is 3.44. The molecule has 0 amide bonds. The van der Waals surface area contributed by atoms with Crippen molar-refractivity contribution in [3.63, 3.8) is 0 Å². The zero-order valence-corrected chi connectivity index (χ0v) is 14.4. The molecule has 0 spiro atoms. The van der Waals surface area contributed by atoms with Crippen LogP contribution >= 0.6 is 24.8 Å². The van der Waals surface area contributed by atoms with Crippen molar-refractivity contribution in [3.05, 3.63) is 35.4 Å². The van der Waals surface area contributed by atoms with Crippen LogP contribution in [-0.2, 0) is 0 Å². The van der Waals surface area contributed by atoms with Crippen LogP contribution in [0.4, 0.5) is 0 Å². The Kier molecular flexibility index (Phi) is 9.48. The van der Waals surface area contributed by atoms with E-state index in [1.54, 1.807) is 0 Å². The molecular formula is C16H28Cl2N2. The minimum absolute atomic E-state index is 0. The lowest BCUT2D eigenvalue weighted by atomic mass is 9.94. The van der Waals surface area contributed by atoms with E-state index in [4.69, 9.17) is 0 Å². The second-order valence-electron chi connectivity index (χ2n) is 5.85. The van der Waals surface area contributed by atoms with Gasteiger partial charge in [-0.25, -0.2) is 0 Å². The highest BCUT2D eigenvalue weighted by Gasteiger charge is 2.22. The van der Waals surface area contributed by atoms with Crippen LogP contribution in [-0.4, -0.2) is 31.1 Å². The van der Waals surface area contributed by atoms with E-state index in [9.17, 15) is 0 Å². The van der Waals surface area contributed by atoms with Crippen molar-refractivity contribution in [1.29, 1.82) is 0 Å². The van der Waals surface area contributed by atoms with E-state index >= 15 is 0 Å². The fraction of sp³-hybridized carbons (Fsp3) is 0.625. The molecule has 4 heteroatoms. The first kappa shape index (κ1) is 19.7. The fourth-order valence-corrected chi connectivity index (χ4v) is 2.81. The molecular weight excluding hydrogens is 291 g/mol. The van der Waals surface area contributed by atoms with Crippen LogP contribution in [0.3, 0.4) is 0 Å². The predicted molar refractivity (Wildman–Crippen MR) is 92.3 cm³/mol. The summed E-state index contributed by atoms with van der Waals surface area (Å²) in [6, 6.07) is 9.62. The second kappa shape index (κ2) is 9.62. The number of rotatable bonds is 4. The minimum atomic E-state index is 0. The first-order valence-electron chi connectivity index (χ1n) is 7.18. The molecule has 0 bridgehead atoms. The molecule has 20 heavy (non-hydrogen) atoms. The van der Waals surface area contributed by atoms with Crippen molar-refractivity contribution >= 4 is 24.8 Å². The van der Waals surface area contributed by atoms with E-state index in [1.165, 1.54) is 30.6 Å². The summed E-state index contributed by atoms with van der Waals surface area (Å²) in [5.41, 5.74) is 2.86. The third-order valence-corrected chi connectivity index (χ3v) is 3.71. The van der Waals surface area contributed by atoms with Gasteiger partial charge < -0.3 is 5.32 Å². The van der Waals surface area contributed by atoms with E-state index in [2.05, 4.69) is 55.3 Å². The highest BCUT2D eigenvalue weighted by molar-refractivity contribution is 5.85. The Balaban J connectivity index is 0.00000180. The zero-order valence-electron chi connectivity index (χ0n) is 12.8. The van der Waals surface area contributed by atoms with Crippen molar-refractivity contribution in [1.82, 2.24) is 10.2 Å². The van der Waals surface area contributed by atoms with Gasteiger partial charge in [-0.2, -0.15) is 0 Å². The van der Waals surface area contributed by atoms with Gasteiger partial charge in [0.1, 0.15) is 0 Å². The minimum Gasteiger partial charge on any atom is -0.314 e. The van der Waals surface area contributed by atoms with Gasteiger partial charge in [0.2, 0.25) is 0 Å². The molecule has 2 rings (SSSR count). The maximum Gasteiger partial charge on any atom is 0.0351 e. The summed E-state index contributed by atoms with van der Waals surface area (Å²) in [7, 11) is 0. The average Bonchev–Trinajstić information content (AvgIpc) is 2.37. The predicted octanol–water partition coefficient (Wildman–Crippen LogP) is 3.83. The fourth-order valence-electron chi connectivity index (χ4n) is 2.81. The summed E-state index contributed by atoms with van der Waals surface area (Å²) in [5, 5.41) is 3.44. The van der Waals surface area contributed by atoms with Gasteiger partial charge >= 0.3 is 0 Å². The Morgan fingerprint density at radius 1 is 1.15 bits per heavy atom. The second-order valence-corrected chi connectivity index (χ2v) is 5.85. The molecule has 0 radical (unpaired) electrons. The summed E-state index contributed by atoms with van der Waals surface area (Å²) >= 11 is 0. The van der Waals surface area contributed by atoms with E-state index in [0.717, 1.165) is 19.0 Å². The summed E-state index contributed by atoms with van der Waals surface area (Å²) in [6.07, 6.45) is 1.25. The number of nitrogens with zero attached hydrogens (tertiary/aromatic N) is 1. The van der Waals surface area contributed by atoms with Gasteiger partial charge in [-0.1, -0.05) is 43.7 Å². The van der Waals surface area contributed by atoms with Crippen LogP contribution in [0.1, 0.15) is 37.4 Å². The van der Waals surface area contributed by atoms with Crippen LogP contribution in [0.5, 0.6) is 0 Å². The van der Waals surface area contributed by atoms with E-state index in [-0.39, 0.29) is 24.8 Å². The molecule has 1 aromatic carbocycles. The van der Waals surface area contributed by atoms with Gasteiger partial charge in [0, 0.05) is 32.2 Å². The van der Waals surface area contributed by atoms with Gasteiger partial charge in [0.05, 0.1) is 0 Å². The van der Waals surface area contributed by atoms with Crippen LogP contribution in [0.2, 0.25) is 0 Å². The highest BCUT2D eigenvalue weighted by atomic mass is 35.5. The molecule has 0 aromatic heterocycles. The smallest absolute Gasteiger partial charge is 0.0351 e. The summed E-state index contributed by atoms with van der Waals surface area (Å²) in [4.78, 5) is 2.64. The number of nitrogens with one attached hydrogen (secondary N) is 1. The largest absolute Gasteiger partial charge is 0.314 e. The van der Waals surface area contributed by atoms with Crippen molar-refractivity contribution < 1.29 is 0 Å². The number of halogens is 2. The van der Waals surface area contributed by atoms with Crippen molar-refractivity contribution in [2.45, 2.75) is 33.2 Å². The highest BCUT2D eigenvalue weighted by Crippen LogP contribution is 2.28. The molecule has 1 heterocycles. The van der Waals surface area contributed by atoms with Gasteiger partial charge in [0.15, 0.2) is 0 Å². The van der Waals surface area contributed by atoms with Crippen molar-refractivity contribution in [2.75, 3.05) is 26.2 Å². The maximum absolute atomic E-state index is 3.44. The lowest BCUT2D eigenvalue weighted by molar-refractivity contribution is 0.154. The third kappa shape index (κ3) is 5.61. The Morgan fingerprint density at radius 2 is 1.80 bits per heavy atom. The molecule has 1 aliphatic rings. The van der Waals surface area contributed by atoms with Crippen LogP contribution in [0.25, 0.3) is 0 Å². The lowest BCUT2D eigenvalue weighted by Gasteiger charge is -2.36. The quantitative estimate of drug-likeness (QED) is 0.907. The summed E-state index contributed by atoms with van der Waals surface area (Å²) in [5.74, 6) is 0.741. The van der Waals surface area contributed by atoms with Gasteiger partial charge in [-0.3, -0.25) is 4.90 Å². The van der Waals surface area contributed by atoms with Gasteiger partial charge in [0.25, 0.3) is 0 Å². The monoisotopic (exact) mass is 318 g/mol. The molecule has 1 aromatic rings. The topological polar surface area (TPSA) is 15.3 Å². The molecule has 0 aliphatic carbocycles. The Bertz CT molecular complexity index is 376. The van der Waals surface area contributed by atoms with E-state index in [1.807, 2.05) is 0 Å². The molecule has 0 unspecified atom stereocenters. The van der Waals surface area contributed by atoms with Crippen molar-refractivity contribution in [3.8, 4) is 0 Å². The van der Waals surface area contributed by atoms with E-state index in [0.29, 0.717) is 6.04 Å². The van der Waals surface area contributed by atoms with Crippen LogP contribution in [0.15, 0.2) is 24.3 Å². The Morgan fingerprint density at radius 3 is 2.35 bits per heavy atom. The van der Waals surface area contributed by atoms with Crippen LogP contribution < -0.4 is 5.32 Å². The molecule has 1 aliphatic heterocycles. The molecule has 1 atom stereocenters. The average molecular weight is 319 g/mol. The Labute approximate surface area is 136 Å². The molecule has 116 valence electrons. The first-order chi connectivity index (χ1) is 8.66. The molecule has 2 nitrogen and oxygen atoms in total. The SMILES string of the molecule is Cc1cccc([C@@H](CC(C)C)N2CCNCC2)c1.Cl.Cl. The van der Waals surface area contributed by atoms with E-state index < -0.39 is 0 Å². The normalized spacial score (nSPS) is 17.2. The third-order valence-electron chi connectivity index (χ3n) is 3.71. The summed E-state index contributed by atoms with van der Waals surface area (Å²) in [6.45, 7) is 11.4. The van der Waals surface area contributed by atoms with Crippen molar-refractivity contribution in [2.24, 2.45) is 5.92 Å². The molecule has 0 saturated carbocycles. The number of aryl methyl sites for hydroxylation is 1. The lowest BCUT2D eigenvalue weighted by Crippen LogP contribution is -2.45. The summed E-state index contributed by atoms with van der Waals surface area (Å²) < 4.78 is 0. The zero-order chi connectivity index (χ0) is 13.0. The number of hydrogen-bond donors (Lipinski definition) is 1. The number of hydrogen-bond acceptors (Lipinski definition) is 2. The molecule has 1 saturated heterocycles. The number of piperazine rings is 1. The van der Waals surface area contributed by atoms with Crippen LogP contribution in [0, 0.1) is 12.8 Å². The standard InChI is InChI=1S/C16H26N2.2ClH/c1-13(2)11-16(18-9-7-17-8-10-18)15-6-4-5-14(3)12-15;;/h4-6,12-13,16-17H,7-11H2,1-3H3;2*1H/t16-;;/m1../s1. The first-order valence-corrected chi connectivity index (χ1v) is 7.18. The molecule has 1 N–H and O–H groups in total. The molecule has 1 fully saturated rings.